The van der Waals surface area contributed by atoms with Gasteiger partial charge in [0.15, 0.2) is 0 Å². The zero-order chi connectivity index (χ0) is 19.7. The molecule has 0 fully saturated rings. The number of ether oxygens (including phenoxy) is 2. The first-order valence-corrected chi connectivity index (χ1v) is 10.6. The van der Waals surface area contributed by atoms with Crippen LogP contribution in [0.2, 0.25) is 0 Å². The first-order chi connectivity index (χ1) is 13.6. The molecule has 2 heterocycles. The lowest BCUT2D eigenvalue weighted by Crippen LogP contribution is -2.14. The molecule has 1 aliphatic carbocycles. The van der Waals surface area contributed by atoms with Crippen molar-refractivity contribution in [3.8, 4) is 11.1 Å². The molecule has 0 saturated carbocycles. The summed E-state index contributed by atoms with van der Waals surface area (Å²) in [6, 6.07) is 10.1. The SMILES string of the molecule is COCCOC(=O)c1c(C)nc2sc3c(c2c1-c1ccccc1)CC[C@H](C)C3. The molecule has 1 aliphatic rings. The Morgan fingerprint density at radius 2 is 2.04 bits per heavy atom. The number of aromatic nitrogens is 1. The second kappa shape index (κ2) is 8.02. The van der Waals surface area contributed by atoms with E-state index in [-0.39, 0.29) is 12.6 Å². The maximum atomic E-state index is 13.0. The van der Waals surface area contributed by atoms with Gasteiger partial charge in [-0.25, -0.2) is 9.78 Å². The van der Waals surface area contributed by atoms with E-state index in [1.165, 1.54) is 16.9 Å². The summed E-state index contributed by atoms with van der Waals surface area (Å²) in [5, 5.41) is 1.14. The number of methoxy groups -OCH3 is 1. The number of carbonyl (C=O) groups excluding carboxylic acids is 1. The third kappa shape index (κ3) is 3.45. The van der Waals surface area contributed by atoms with Crippen molar-refractivity contribution in [1.29, 1.82) is 0 Å². The van der Waals surface area contributed by atoms with Gasteiger partial charge in [-0.15, -0.1) is 11.3 Å². The van der Waals surface area contributed by atoms with Crippen molar-refractivity contribution in [3.05, 3.63) is 52.0 Å². The topological polar surface area (TPSA) is 48.4 Å². The molecular weight excluding hydrogens is 370 g/mol. The fourth-order valence-corrected chi connectivity index (χ4v) is 5.46. The monoisotopic (exact) mass is 395 g/mol. The van der Waals surface area contributed by atoms with Crippen molar-refractivity contribution in [2.24, 2.45) is 5.92 Å². The van der Waals surface area contributed by atoms with E-state index in [0.717, 1.165) is 39.9 Å². The van der Waals surface area contributed by atoms with Gasteiger partial charge >= 0.3 is 5.97 Å². The molecule has 0 unspecified atom stereocenters. The number of fused-ring (bicyclic) bond motifs is 3. The average molecular weight is 396 g/mol. The Kier molecular flexibility index (Phi) is 5.47. The summed E-state index contributed by atoms with van der Waals surface area (Å²) in [6.45, 7) is 4.83. The predicted molar refractivity (Wildman–Crippen MR) is 113 cm³/mol. The minimum atomic E-state index is -0.327. The largest absolute Gasteiger partial charge is 0.460 e. The highest BCUT2D eigenvalue weighted by Gasteiger charge is 2.28. The maximum absolute atomic E-state index is 13.0. The molecule has 4 nitrogen and oxygen atoms in total. The van der Waals surface area contributed by atoms with Gasteiger partial charge < -0.3 is 9.47 Å². The van der Waals surface area contributed by atoms with Gasteiger partial charge in [-0.05, 0) is 43.2 Å². The lowest BCUT2D eigenvalue weighted by molar-refractivity contribution is 0.0388. The summed E-state index contributed by atoms with van der Waals surface area (Å²) in [5.41, 5.74) is 4.68. The van der Waals surface area contributed by atoms with Crippen molar-refractivity contribution in [2.75, 3.05) is 20.3 Å². The normalized spacial score (nSPS) is 16.2. The minimum absolute atomic E-state index is 0.236. The maximum Gasteiger partial charge on any atom is 0.340 e. The molecule has 0 saturated heterocycles. The standard InChI is InChI=1S/C23H25NO3S/c1-14-9-10-17-18(13-14)28-22-21(17)20(16-7-5-4-6-8-16)19(15(2)24-22)23(25)27-12-11-26-3/h4-8,14H,9-13H2,1-3H3/t14-/m0/s1. The van der Waals surface area contributed by atoms with Crippen LogP contribution in [-0.2, 0) is 22.3 Å². The Balaban J connectivity index is 1.95. The summed E-state index contributed by atoms with van der Waals surface area (Å²) in [6.07, 6.45) is 3.31. The molecule has 4 rings (SSSR count). The van der Waals surface area contributed by atoms with E-state index in [9.17, 15) is 4.79 Å². The van der Waals surface area contributed by atoms with Crippen LogP contribution in [0.25, 0.3) is 21.3 Å². The molecule has 0 aliphatic heterocycles. The Bertz CT molecular complexity index is 1010. The summed E-state index contributed by atoms with van der Waals surface area (Å²) >= 11 is 1.79. The van der Waals surface area contributed by atoms with Crippen molar-refractivity contribution >= 4 is 27.5 Å². The average Bonchev–Trinajstić information content (AvgIpc) is 3.04. The predicted octanol–water partition coefficient (Wildman–Crippen LogP) is 5.20. The van der Waals surface area contributed by atoms with E-state index in [1.54, 1.807) is 18.4 Å². The third-order valence-electron chi connectivity index (χ3n) is 5.41. The molecule has 0 spiro atoms. The molecule has 1 aromatic carbocycles. The van der Waals surface area contributed by atoms with E-state index >= 15 is 0 Å². The summed E-state index contributed by atoms with van der Waals surface area (Å²) < 4.78 is 10.5. The van der Waals surface area contributed by atoms with E-state index in [0.29, 0.717) is 18.1 Å². The van der Waals surface area contributed by atoms with Crippen molar-refractivity contribution in [2.45, 2.75) is 33.1 Å². The molecule has 146 valence electrons. The summed E-state index contributed by atoms with van der Waals surface area (Å²) in [7, 11) is 1.60. The Morgan fingerprint density at radius 3 is 2.79 bits per heavy atom. The smallest absolute Gasteiger partial charge is 0.340 e. The molecule has 1 atom stereocenters. The number of benzene rings is 1. The molecule has 0 N–H and O–H groups in total. The van der Waals surface area contributed by atoms with Crippen LogP contribution in [0.1, 0.15) is 39.8 Å². The number of esters is 1. The lowest BCUT2D eigenvalue weighted by Gasteiger charge is -2.19. The van der Waals surface area contributed by atoms with Crippen molar-refractivity contribution < 1.29 is 14.3 Å². The minimum Gasteiger partial charge on any atom is -0.460 e. The number of nitrogens with zero attached hydrogens (tertiary/aromatic N) is 1. The van der Waals surface area contributed by atoms with E-state index in [2.05, 4.69) is 19.1 Å². The second-order valence-corrected chi connectivity index (χ2v) is 8.56. The van der Waals surface area contributed by atoms with Crippen LogP contribution in [0.5, 0.6) is 0 Å². The summed E-state index contributed by atoms with van der Waals surface area (Å²) in [5.74, 6) is 0.368. The fraction of sp³-hybridized carbons (Fsp3) is 0.391. The van der Waals surface area contributed by atoms with Gasteiger partial charge in [0, 0.05) is 22.9 Å². The van der Waals surface area contributed by atoms with E-state index in [4.69, 9.17) is 14.5 Å². The molecule has 5 heteroatoms. The Morgan fingerprint density at radius 1 is 1.25 bits per heavy atom. The molecule has 0 radical (unpaired) electrons. The third-order valence-corrected chi connectivity index (χ3v) is 6.56. The van der Waals surface area contributed by atoms with Gasteiger partial charge in [0.25, 0.3) is 0 Å². The van der Waals surface area contributed by atoms with Crippen LogP contribution in [0.4, 0.5) is 0 Å². The Hall–Kier alpha value is -2.24. The Labute approximate surface area is 169 Å². The van der Waals surface area contributed by atoms with Crippen LogP contribution in [0.3, 0.4) is 0 Å². The quantitative estimate of drug-likeness (QED) is 0.440. The second-order valence-electron chi connectivity index (χ2n) is 7.47. The molecule has 0 bridgehead atoms. The van der Waals surface area contributed by atoms with Gasteiger partial charge in [0.05, 0.1) is 17.9 Å². The number of hydrogen-bond donors (Lipinski definition) is 0. The molecule has 28 heavy (non-hydrogen) atoms. The van der Waals surface area contributed by atoms with Gasteiger partial charge in [0.2, 0.25) is 0 Å². The molecule has 0 amide bonds. The first-order valence-electron chi connectivity index (χ1n) is 9.76. The zero-order valence-corrected chi connectivity index (χ0v) is 17.4. The van der Waals surface area contributed by atoms with Crippen molar-refractivity contribution in [1.82, 2.24) is 4.98 Å². The van der Waals surface area contributed by atoms with E-state index in [1.807, 2.05) is 25.1 Å². The van der Waals surface area contributed by atoms with Gasteiger partial charge in [0.1, 0.15) is 11.4 Å². The lowest BCUT2D eigenvalue weighted by atomic mass is 9.86. The number of thiophene rings is 1. The zero-order valence-electron chi connectivity index (χ0n) is 16.6. The molecule has 2 aromatic heterocycles. The molecular formula is C23H25NO3S. The van der Waals surface area contributed by atoms with Crippen LogP contribution in [0, 0.1) is 12.8 Å². The van der Waals surface area contributed by atoms with Crippen LogP contribution in [-0.4, -0.2) is 31.3 Å². The number of carbonyl (C=O) groups is 1. The van der Waals surface area contributed by atoms with Gasteiger partial charge in [-0.1, -0.05) is 37.3 Å². The molecule has 3 aromatic rings. The number of pyridine rings is 1. The van der Waals surface area contributed by atoms with Gasteiger partial charge in [-0.3, -0.25) is 0 Å². The fourth-order valence-electron chi connectivity index (χ4n) is 4.02. The van der Waals surface area contributed by atoms with E-state index < -0.39 is 0 Å². The van der Waals surface area contributed by atoms with Crippen LogP contribution in [0.15, 0.2) is 30.3 Å². The van der Waals surface area contributed by atoms with Crippen LogP contribution >= 0.6 is 11.3 Å². The van der Waals surface area contributed by atoms with Crippen molar-refractivity contribution in [3.63, 3.8) is 0 Å². The highest BCUT2D eigenvalue weighted by Crippen LogP contribution is 2.44. The number of hydrogen-bond acceptors (Lipinski definition) is 5. The van der Waals surface area contributed by atoms with Crippen LogP contribution < -0.4 is 0 Å². The number of aryl methyl sites for hydroxylation is 2. The summed E-state index contributed by atoms with van der Waals surface area (Å²) in [4.78, 5) is 20.3. The van der Waals surface area contributed by atoms with Gasteiger partial charge in [-0.2, -0.15) is 0 Å². The number of rotatable bonds is 5. The highest BCUT2D eigenvalue weighted by atomic mass is 32.1. The highest BCUT2D eigenvalue weighted by molar-refractivity contribution is 7.19. The first kappa shape index (κ1) is 19.1.